The maximum atomic E-state index is 5.42. The zero-order chi connectivity index (χ0) is 15.2. The van der Waals surface area contributed by atoms with Gasteiger partial charge in [-0.3, -0.25) is 0 Å². The van der Waals surface area contributed by atoms with Gasteiger partial charge < -0.3 is 9.64 Å². The van der Waals surface area contributed by atoms with Crippen molar-refractivity contribution in [2.24, 2.45) is 0 Å². The second-order valence-electron chi connectivity index (χ2n) is 5.38. The van der Waals surface area contributed by atoms with E-state index in [2.05, 4.69) is 66.1 Å². The fraction of sp³-hybridized carbons (Fsp3) is 0.200. The van der Waals surface area contributed by atoms with E-state index in [1.54, 1.807) is 0 Å². The molecule has 0 saturated carbocycles. The first-order chi connectivity index (χ1) is 10.8. The van der Waals surface area contributed by atoms with Crippen LogP contribution in [0, 0.1) is 0 Å². The molecule has 1 saturated heterocycles. The van der Waals surface area contributed by atoms with E-state index in [0.29, 0.717) is 0 Å². The van der Waals surface area contributed by atoms with Crippen LogP contribution in [0.1, 0.15) is 11.1 Å². The normalized spacial score (nSPS) is 14.5. The summed E-state index contributed by atoms with van der Waals surface area (Å²) in [4.78, 5) is 2.29. The maximum absolute atomic E-state index is 5.42. The smallest absolute Gasteiger partial charge is 0.0642 e. The zero-order valence-corrected chi connectivity index (χ0v) is 12.7. The van der Waals surface area contributed by atoms with Crippen molar-refractivity contribution in [1.29, 1.82) is 0 Å². The van der Waals surface area contributed by atoms with E-state index in [4.69, 9.17) is 4.74 Å². The minimum Gasteiger partial charge on any atom is -0.378 e. The molecule has 1 heterocycles. The minimum absolute atomic E-state index is 0.777. The van der Waals surface area contributed by atoms with E-state index in [1.165, 1.54) is 16.7 Å². The molecule has 3 rings (SSSR count). The van der Waals surface area contributed by atoms with Crippen molar-refractivity contribution in [3.63, 3.8) is 0 Å². The molecule has 2 heteroatoms. The van der Waals surface area contributed by atoms with Gasteiger partial charge in [-0.15, -0.1) is 0 Å². The highest BCUT2D eigenvalue weighted by atomic mass is 16.5. The molecule has 0 spiro atoms. The van der Waals surface area contributed by atoms with Gasteiger partial charge in [-0.05, 0) is 22.8 Å². The van der Waals surface area contributed by atoms with Crippen molar-refractivity contribution in [2.45, 2.75) is 0 Å². The summed E-state index contributed by atoms with van der Waals surface area (Å²) in [5.41, 5.74) is 4.68. The number of allylic oxidation sites excluding steroid dienone is 1. The molecule has 2 nitrogen and oxygen atoms in total. The molecule has 0 bridgehead atoms. The Morgan fingerprint density at radius 1 is 0.864 bits per heavy atom. The first-order valence-electron chi connectivity index (χ1n) is 7.69. The molecule has 0 N–H and O–H groups in total. The van der Waals surface area contributed by atoms with Gasteiger partial charge in [0, 0.05) is 18.8 Å². The van der Waals surface area contributed by atoms with Crippen LogP contribution < -0.4 is 0 Å². The number of nitrogens with zero attached hydrogens (tertiary/aromatic N) is 1. The summed E-state index contributed by atoms with van der Waals surface area (Å²) >= 11 is 0. The molecule has 0 aromatic heterocycles. The number of rotatable bonds is 4. The number of morpholine rings is 1. The summed E-state index contributed by atoms with van der Waals surface area (Å²) in [5, 5.41) is 0. The predicted molar refractivity (Wildman–Crippen MR) is 91.5 cm³/mol. The lowest BCUT2D eigenvalue weighted by molar-refractivity contribution is 0.0556. The standard InChI is InChI=1S/C20H21NO/c1-17(21-12-14-22-15-13-21)16-20(18-8-4-2-5-9-18)19-10-6-3-7-11-19/h2-11,16H,1,12-15H2. The third-order valence-corrected chi connectivity index (χ3v) is 3.90. The highest BCUT2D eigenvalue weighted by Crippen LogP contribution is 2.25. The minimum atomic E-state index is 0.777. The lowest BCUT2D eigenvalue weighted by Crippen LogP contribution is -2.34. The van der Waals surface area contributed by atoms with Crippen LogP contribution in [0.25, 0.3) is 5.57 Å². The summed E-state index contributed by atoms with van der Waals surface area (Å²) in [6.45, 7) is 7.63. The number of hydrogen-bond donors (Lipinski definition) is 0. The van der Waals surface area contributed by atoms with Crippen LogP contribution in [0.2, 0.25) is 0 Å². The molecule has 112 valence electrons. The Morgan fingerprint density at radius 3 is 1.86 bits per heavy atom. The van der Waals surface area contributed by atoms with Crippen LogP contribution in [0.15, 0.2) is 79.0 Å². The molecule has 22 heavy (non-hydrogen) atoms. The summed E-state index contributed by atoms with van der Waals surface area (Å²) in [7, 11) is 0. The van der Waals surface area contributed by atoms with Crippen LogP contribution in [0.4, 0.5) is 0 Å². The van der Waals surface area contributed by atoms with Gasteiger partial charge >= 0.3 is 0 Å². The van der Waals surface area contributed by atoms with Crippen molar-refractivity contribution in [3.8, 4) is 0 Å². The molecule has 2 aromatic rings. The van der Waals surface area contributed by atoms with Crippen LogP contribution >= 0.6 is 0 Å². The van der Waals surface area contributed by atoms with Crippen molar-refractivity contribution >= 4 is 5.57 Å². The van der Waals surface area contributed by atoms with Gasteiger partial charge in [0.25, 0.3) is 0 Å². The van der Waals surface area contributed by atoms with Crippen LogP contribution in [-0.2, 0) is 4.74 Å². The Balaban J connectivity index is 1.94. The molecule has 1 fully saturated rings. The van der Waals surface area contributed by atoms with Gasteiger partial charge in [0.1, 0.15) is 0 Å². The molecule has 2 aromatic carbocycles. The molecule has 0 radical (unpaired) electrons. The van der Waals surface area contributed by atoms with E-state index in [0.717, 1.165) is 32.0 Å². The number of hydrogen-bond acceptors (Lipinski definition) is 2. The zero-order valence-electron chi connectivity index (χ0n) is 12.7. The predicted octanol–water partition coefficient (Wildman–Crippen LogP) is 3.96. The number of ether oxygens (including phenoxy) is 1. The Morgan fingerprint density at radius 2 is 1.36 bits per heavy atom. The average molecular weight is 291 g/mol. The van der Waals surface area contributed by atoms with Crippen molar-refractivity contribution in [1.82, 2.24) is 4.90 Å². The van der Waals surface area contributed by atoms with E-state index in [1.807, 2.05) is 12.1 Å². The van der Waals surface area contributed by atoms with E-state index < -0.39 is 0 Å². The summed E-state index contributed by atoms with van der Waals surface area (Å²) in [6, 6.07) is 21.0. The highest BCUT2D eigenvalue weighted by molar-refractivity contribution is 5.81. The second kappa shape index (κ2) is 7.10. The van der Waals surface area contributed by atoms with Gasteiger partial charge in [-0.1, -0.05) is 67.2 Å². The van der Waals surface area contributed by atoms with Gasteiger partial charge in [0.05, 0.1) is 13.2 Å². The van der Waals surface area contributed by atoms with Crippen LogP contribution in [0.5, 0.6) is 0 Å². The molecule has 0 aliphatic carbocycles. The largest absolute Gasteiger partial charge is 0.378 e. The fourth-order valence-corrected chi connectivity index (χ4v) is 2.68. The quantitative estimate of drug-likeness (QED) is 0.791. The van der Waals surface area contributed by atoms with Gasteiger partial charge in [-0.2, -0.15) is 0 Å². The Bertz CT molecular complexity index is 598. The lowest BCUT2D eigenvalue weighted by atomic mass is 9.97. The molecule has 0 unspecified atom stereocenters. The first-order valence-corrected chi connectivity index (χ1v) is 7.69. The Labute approximate surface area is 132 Å². The van der Waals surface area contributed by atoms with Crippen LogP contribution in [0.3, 0.4) is 0 Å². The SMILES string of the molecule is C=C(C=C(c1ccccc1)c1ccccc1)N1CCOCC1. The van der Waals surface area contributed by atoms with Crippen molar-refractivity contribution in [3.05, 3.63) is 90.1 Å². The Kier molecular flexibility index (Phi) is 4.71. The van der Waals surface area contributed by atoms with Gasteiger partial charge in [0.2, 0.25) is 0 Å². The average Bonchev–Trinajstić information content (AvgIpc) is 2.62. The molecule has 1 aliphatic rings. The fourth-order valence-electron chi connectivity index (χ4n) is 2.68. The molecular formula is C20H21NO. The second-order valence-corrected chi connectivity index (χ2v) is 5.38. The van der Waals surface area contributed by atoms with Crippen LogP contribution in [-0.4, -0.2) is 31.2 Å². The first kappa shape index (κ1) is 14.6. The lowest BCUT2D eigenvalue weighted by Gasteiger charge is -2.29. The van der Waals surface area contributed by atoms with Gasteiger partial charge in [-0.25, -0.2) is 0 Å². The summed E-state index contributed by atoms with van der Waals surface area (Å²) in [5.74, 6) is 0. The third kappa shape index (κ3) is 3.46. The summed E-state index contributed by atoms with van der Waals surface area (Å²) in [6.07, 6.45) is 2.19. The molecule has 0 atom stereocenters. The monoisotopic (exact) mass is 291 g/mol. The van der Waals surface area contributed by atoms with Gasteiger partial charge in [0.15, 0.2) is 0 Å². The van der Waals surface area contributed by atoms with E-state index in [-0.39, 0.29) is 0 Å². The number of benzene rings is 2. The van der Waals surface area contributed by atoms with E-state index >= 15 is 0 Å². The van der Waals surface area contributed by atoms with Crippen molar-refractivity contribution in [2.75, 3.05) is 26.3 Å². The topological polar surface area (TPSA) is 12.5 Å². The summed E-state index contributed by atoms with van der Waals surface area (Å²) < 4.78 is 5.42. The molecular weight excluding hydrogens is 270 g/mol. The Hall–Kier alpha value is -2.32. The van der Waals surface area contributed by atoms with Crippen molar-refractivity contribution < 1.29 is 4.74 Å². The maximum Gasteiger partial charge on any atom is 0.0642 e. The molecule has 0 amide bonds. The highest BCUT2D eigenvalue weighted by Gasteiger charge is 2.12. The third-order valence-electron chi connectivity index (χ3n) is 3.90. The van der Waals surface area contributed by atoms with E-state index in [9.17, 15) is 0 Å². The molecule has 1 aliphatic heterocycles.